The molecule has 1 spiro atoms. The van der Waals surface area contributed by atoms with Gasteiger partial charge in [-0.05, 0) is 59.8 Å². The number of hydrogen-bond donors (Lipinski definition) is 1. The minimum atomic E-state index is 0.689. The van der Waals surface area contributed by atoms with Crippen LogP contribution >= 0.6 is 0 Å². The Morgan fingerprint density at radius 3 is 1.70 bits per heavy atom. The fourth-order valence-corrected chi connectivity index (χ4v) is 6.47. The number of nitrogens with one attached hydrogen (secondary N) is 1. The highest BCUT2D eigenvalue weighted by Crippen LogP contribution is 2.38. The number of likely N-dealkylation sites (N-methyl/N-ethyl adjacent to an activating group) is 1. The van der Waals surface area contributed by atoms with Crippen molar-refractivity contribution in [2.45, 2.75) is 66.8 Å². The number of likely N-dealkylation sites (tertiary alicyclic amines) is 2. The van der Waals surface area contributed by atoms with Crippen molar-refractivity contribution in [1.82, 2.24) is 34.7 Å². The highest BCUT2D eigenvalue weighted by molar-refractivity contribution is 5.04. The Bertz CT molecular complexity index is 550. The van der Waals surface area contributed by atoms with E-state index in [2.05, 4.69) is 76.5 Å². The van der Waals surface area contributed by atoms with E-state index in [1.54, 1.807) is 0 Å². The predicted molar refractivity (Wildman–Crippen MR) is 161 cm³/mol. The Labute approximate surface area is 231 Å². The molecule has 7 heteroatoms. The van der Waals surface area contributed by atoms with Crippen molar-refractivity contribution in [1.29, 1.82) is 0 Å². The van der Waals surface area contributed by atoms with Gasteiger partial charge < -0.3 is 20.0 Å². The van der Waals surface area contributed by atoms with Gasteiger partial charge in [-0.3, -0.25) is 14.7 Å². The van der Waals surface area contributed by atoms with Gasteiger partial charge in [-0.25, -0.2) is 0 Å². The molecule has 1 N–H and O–H groups in total. The zero-order valence-electron chi connectivity index (χ0n) is 26.3. The van der Waals surface area contributed by atoms with Crippen LogP contribution in [0.25, 0.3) is 0 Å². The molecule has 0 aromatic heterocycles. The van der Waals surface area contributed by atoms with Crippen LogP contribution in [-0.2, 0) is 0 Å². The van der Waals surface area contributed by atoms with Gasteiger partial charge in [-0.15, -0.1) is 0 Å². The molecular weight excluding hydrogens is 458 g/mol. The SMILES string of the molecule is CC.CC(C)N1CCN(CN2CC3(CN(C)C3)C2)CC1.CCC.CN1CCN(CC2CCNCC2)CC1. The van der Waals surface area contributed by atoms with E-state index >= 15 is 0 Å². The molecule has 5 aliphatic rings. The monoisotopic (exact) mass is 524 g/mol. The average molecular weight is 524 g/mol. The number of piperazine rings is 2. The van der Waals surface area contributed by atoms with E-state index in [1.165, 1.54) is 124 Å². The molecule has 37 heavy (non-hydrogen) atoms. The summed E-state index contributed by atoms with van der Waals surface area (Å²) in [7, 11) is 4.46. The lowest BCUT2D eigenvalue weighted by Crippen LogP contribution is -2.72. The van der Waals surface area contributed by atoms with E-state index in [-0.39, 0.29) is 0 Å². The molecule has 0 amide bonds. The van der Waals surface area contributed by atoms with Gasteiger partial charge >= 0.3 is 0 Å². The zero-order chi connectivity index (χ0) is 27.3. The van der Waals surface area contributed by atoms with Crippen LogP contribution in [0.2, 0.25) is 0 Å². The molecule has 0 saturated carbocycles. The molecule has 5 saturated heterocycles. The van der Waals surface area contributed by atoms with Crippen LogP contribution in [0.5, 0.6) is 0 Å². The fourth-order valence-electron chi connectivity index (χ4n) is 6.47. The van der Waals surface area contributed by atoms with E-state index in [0.29, 0.717) is 11.5 Å². The zero-order valence-corrected chi connectivity index (χ0v) is 26.3. The smallest absolute Gasteiger partial charge is 0.0507 e. The lowest BCUT2D eigenvalue weighted by molar-refractivity contribution is -0.123. The van der Waals surface area contributed by atoms with Crippen LogP contribution in [0.3, 0.4) is 0 Å². The van der Waals surface area contributed by atoms with Gasteiger partial charge in [0.25, 0.3) is 0 Å². The van der Waals surface area contributed by atoms with Crippen LogP contribution in [0.15, 0.2) is 0 Å². The first-order valence-corrected chi connectivity index (χ1v) is 15.8. The normalized spacial score (nSPS) is 26.2. The molecule has 0 radical (unpaired) electrons. The first-order valence-electron chi connectivity index (χ1n) is 15.8. The van der Waals surface area contributed by atoms with Crippen LogP contribution < -0.4 is 5.32 Å². The molecule has 0 aromatic rings. The van der Waals surface area contributed by atoms with E-state index in [4.69, 9.17) is 0 Å². The number of piperidine rings is 1. The van der Waals surface area contributed by atoms with Crippen molar-refractivity contribution in [3.8, 4) is 0 Å². The van der Waals surface area contributed by atoms with E-state index in [1.807, 2.05) is 13.8 Å². The van der Waals surface area contributed by atoms with Crippen molar-refractivity contribution in [3.05, 3.63) is 0 Å². The predicted octanol–water partition coefficient (Wildman–Crippen LogP) is 2.89. The first-order chi connectivity index (χ1) is 17.8. The molecule has 0 unspecified atom stereocenters. The first kappa shape index (κ1) is 32.9. The minimum absolute atomic E-state index is 0.689. The Kier molecular flexibility index (Phi) is 15.5. The van der Waals surface area contributed by atoms with Crippen molar-refractivity contribution in [2.75, 3.05) is 119 Å². The van der Waals surface area contributed by atoms with E-state index in [0.717, 1.165) is 5.92 Å². The van der Waals surface area contributed by atoms with Crippen LogP contribution in [-0.4, -0.2) is 154 Å². The third kappa shape index (κ3) is 11.4. The summed E-state index contributed by atoms with van der Waals surface area (Å²) in [5.74, 6) is 0.958. The molecule has 5 aliphatic heterocycles. The highest BCUT2D eigenvalue weighted by atomic mass is 15.4. The summed E-state index contributed by atoms with van der Waals surface area (Å²) in [5.41, 5.74) is 0.689. The molecule has 0 bridgehead atoms. The van der Waals surface area contributed by atoms with Gasteiger partial charge in [0.05, 0.1) is 6.67 Å². The van der Waals surface area contributed by atoms with Crippen molar-refractivity contribution < 1.29 is 0 Å². The summed E-state index contributed by atoms with van der Waals surface area (Å²) in [6, 6.07) is 0.713. The number of hydrogen-bond acceptors (Lipinski definition) is 7. The van der Waals surface area contributed by atoms with Crippen LogP contribution in [0.1, 0.15) is 60.8 Å². The minimum Gasteiger partial charge on any atom is -0.317 e. The maximum Gasteiger partial charge on any atom is 0.0507 e. The number of nitrogens with zero attached hydrogens (tertiary/aromatic N) is 6. The molecule has 5 heterocycles. The molecule has 0 atom stereocenters. The molecule has 7 nitrogen and oxygen atoms in total. The lowest BCUT2D eigenvalue weighted by Gasteiger charge is -2.60. The largest absolute Gasteiger partial charge is 0.317 e. The molecular formula is C30H65N7. The standard InChI is InChI=1S/C14H28N4.C11H23N3.C3H8.C2H6/c1-13(2)18-6-4-16(5-7-18)12-17-10-14(11-17)8-15(3)9-14;1-13-6-8-14(9-7-13)10-11-2-4-12-5-3-11;1-3-2;1-2/h13H,4-12H2,1-3H3;11-12H,2-10H2,1H3;3H2,1-2H3;1-2H3. The van der Waals surface area contributed by atoms with Gasteiger partial charge in [-0.2, -0.15) is 0 Å². The van der Waals surface area contributed by atoms with Crippen LogP contribution in [0.4, 0.5) is 0 Å². The quantitative estimate of drug-likeness (QED) is 0.593. The third-order valence-electron chi connectivity index (χ3n) is 8.44. The highest BCUT2D eigenvalue weighted by Gasteiger charge is 2.50. The second-order valence-electron chi connectivity index (χ2n) is 12.6. The van der Waals surface area contributed by atoms with Gasteiger partial charge in [0.15, 0.2) is 0 Å². The Morgan fingerprint density at radius 2 is 1.22 bits per heavy atom. The second kappa shape index (κ2) is 17.4. The Hall–Kier alpha value is -0.280. The fraction of sp³-hybridized carbons (Fsp3) is 1.00. The molecule has 5 fully saturated rings. The van der Waals surface area contributed by atoms with E-state index < -0.39 is 0 Å². The maximum atomic E-state index is 3.43. The topological polar surface area (TPSA) is 31.5 Å². The van der Waals surface area contributed by atoms with Crippen molar-refractivity contribution in [2.24, 2.45) is 11.3 Å². The molecule has 220 valence electrons. The summed E-state index contributed by atoms with van der Waals surface area (Å²) >= 11 is 0. The van der Waals surface area contributed by atoms with E-state index in [9.17, 15) is 0 Å². The van der Waals surface area contributed by atoms with Crippen molar-refractivity contribution in [3.63, 3.8) is 0 Å². The van der Waals surface area contributed by atoms with Gasteiger partial charge in [-0.1, -0.05) is 34.1 Å². The molecule has 0 aliphatic carbocycles. The Balaban J connectivity index is 0.000000227. The summed E-state index contributed by atoms with van der Waals surface area (Å²) in [4.78, 5) is 15.4. The summed E-state index contributed by atoms with van der Waals surface area (Å²) in [6.07, 6.45) is 4.01. The lowest BCUT2D eigenvalue weighted by atomic mass is 9.73. The van der Waals surface area contributed by atoms with Crippen molar-refractivity contribution >= 4 is 0 Å². The van der Waals surface area contributed by atoms with Gasteiger partial charge in [0.1, 0.15) is 0 Å². The van der Waals surface area contributed by atoms with Crippen LogP contribution in [0, 0.1) is 11.3 Å². The average Bonchev–Trinajstić information content (AvgIpc) is 2.86. The second-order valence-corrected chi connectivity index (χ2v) is 12.6. The maximum absolute atomic E-state index is 3.43. The summed E-state index contributed by atoms with van der Waals surface area (Å²) < 4.78 is 0. The van der Waals surface area contributed by atoms with Gasteiger partial charge in [0.2, 0.25) is 0 Å². The van der Waals surface area contributed by atoms with Gasteiger partial charge in [0, 0.05) is 96.5 Å². The molecule has 5 rings (SSSR count). The summed E-state index contributed by atoms with van der Waals surface area (Å²) in [5, 5.41) is 3.43. The number of rotatable bonds is 5. The third-order valence-corrected chi connectivity index (χ3v) is 8.44. The summed E-state index contributed by atoms with van der Waals surface area (Å²) in [6.45, 7) is 33.3. The Morgan fingerprint density at radius 1 is 0.703 bits per heavy atom. The molecule has 0 aromatic carbocycles.